The quantitative estimate of drug-likeness (QED) is 0.666. The van der Waals surface area contributed by atoms with Crippen molar-refractivity contribution in [2.75, 3.05) is 0 Å². The van der Waals surface area contributed by atoms with Crippen LogP contribution in [0.1, 0.15) is 22.8 Å². The van der Waals surface area contributed by atoms with E-state index in [1.165, 1.54) is 12.1 Å². The maximum atomic E-state index is 11.9. The minimum absolute atomic E-state index is 0.126. The van der Waals surface area contributed by atoms with Crippen LogP contribution in [0, 0.1) is 0 Å². The number of hydrogen-bond acceptors (Lipinski definition) is 3. The molecule has 2 aromatic rings. The van der Waals surface area contributed by atoms with Crippen molar-refractivity contribution in [3.8, 4) is 5.75 Å². The largest absolute Gasteiger partial charge is 0.506 e. The molecule has 1 amide bonds. The summed E-state index contributed by atoms with van der Waals surface area (Å²) in [6, 6.07) is 11.6. The number of benzene rings is 2. The number of rotatable bonds is 3. The van der Waals surface area contributed by atoms with Gasteiger partial charge < -0.3 is 5.11 Å². The topological polar surface area (TPSA) is 61.7 Å². The van der Waals surface area contributed by atoms with E-state index in [4.69, 9.17) is 23.2 Å². The predicted molar refractivity (Wildman–Crippen MR) is 84.2 cm³/mol. The summed E-state index contributed by atoms with van der Waals surface area (Å²) >= 11 is 11.7. The molecular formula is C15H12Cl2N2O2. The number of nitrogens with one attached hydrogen (secondary N) is 1. The molecule has 6 heteroatoms. The molecular weight excluding hydrogens is 311 g/mol. The monoisotopic (exact) mass is 322 g/mol. The van der Waals surface area contributed by atoms with Gasteiger partial charge in [0.25, 0.3) is 5.91 Å². The first-order valence-corrected chi connectivity index (χ1v) is 6.82. The van der Waals surface area contributed by atoms with Crippen molar-refractivity contribution in [2.24, 2.45) is 5.10 Å². The highest BCUT2D eigenvalue weighted by molar-refractivity contribution is 6.36. The minimum atomic E-state index is -0.345. The Labute approximate surface area is 132 Å². The van der Waals surface area contributed by atoms with E-state index in [9.17, 15) is 9.90 Å². The number of carbonyl (C=O) groups excluding carboxylic acids is 1. The number of hydrogen-bond donors (Lipinski definition) is 2. The third-order valence-corrected chi connectivity index (χ3v) is 3.29. The van der Waals surface area contributed by atoms with Crippen LogP contribution in [0.3, 0.4) is 0 Å². The van der Waals surface area contributed by atoms with Crippen LogP contribution in [0.4, 0.5) is 0 Å². The third kappa shape index (κ3) is 3.74. The number of phenols is 1. The number of hydrazone groups is 1. The summed E-state index contributed by atoms with van der Waals surface area (Å²) in [6.07, 6.45) is 0. The van der Waals surface area contributed by atoms with Crippen LogP contribution in [0.15, 0.2) is 47.6 Å². The second-order valence-electron chi connectivity index (χ2n) is 4.29. The molecule has 0 heterocycles. The summed E-state index contributed by atoms with van der Waals surface area (Å²) in [5.74, 6) is -0.473. The van der Waals surface area contributed by atoms with Crippen LogP contribution in [0.5, 0.6) is 5.75 Å². The Morgan fingerprint density at radius 1 is 1.19 bits per heavy atom. The van der Waals surface area contributed by atoms with Crippen LogP contribution in [0.2, 0.25) is 10.0 Å². The lowest BCUT2D eigenvalue weighted by molar-refractivity contribution is 0.0955. The fraction of sp³-hybridized carbons (Fsp3) is 0.0667. The van der Waals surface area contributed by atoms with Crippen molar-refractivity contribution in [2.45, 2.75) is 6.92 Å². The van der Waals surface area contributed by atoms with Gasteiger partial charge in [-0.05, 0) is 31.2 Å². The first-order valence-electron chi connectivity index (χ1n) is 6.07. The molecule has 2 aromatic carbocycles. The molecule has 0 aliphatic carbocycles. The molecule has 0 aliphatic heterocycles. The number of phenolic OH excluding ortho intramolecular Hbond substituents is 1. The highest BCUT2D eigenvalue weighted by Crippen LogP contribution is 2.31. The van der Waals surface area contributed by atoms with Crippen LogP contribution in [-0.2, 0) is 0 Å². The standard InChI is InChI=1S/C15H12Cl2N2O2/c1-9(12-7-11(16)8-13(17)14(12)20)18-19-15(21)10-5-3-2-4-6-10/h2-8,20H,1H3,(H,19,21). The molecule has 0 atom stereocenters. The Kier molecular flexibility index (Phi) is 4.83. The zero-order valence-electron chi connectivity index (χ0n) is 11.1. The van der Waals surface area contributed by atoms with E-state index in [1.807, 2.05) is 6.07 Å². The van der Waals surface area contributed by atoms with Gasteiger partial charge in [0.1, 0.15) is 5.75 Å². The SMILES string of the molecule is CC(=NNC(=O)c1ccccc1)c1cc(Cl)cc(Cl)c1O. The number of aromatic hydroxyl groups is 1. The summed E-state index contributed by atoms with van der Waals surface area (Å²) < 4.78 is 0. The molecule has 4 nitrogen and oxygen atoms in total. The van der Waals surface area contributed by atoms with E-state index >= 15 is 0 Å². The van der Waals surface area contributed by atoms with E-state index in [0.717, 1.165) is 0 Å². The van der Waals surface area contributed by atoms with Gasteiger partial charge in [-0.3, -0.25) is 4.79 Å². The lowest BCUT2D eigenvalue weighted by Crippen LogP contribution is -2.19. The lowest BCUT2D eigenvalue weighted by atomic mass is 10.1. The van der Waals surface area contributed by atoms with Gasteiger partial charge in [-0.15, -0.1) is 0 Å². The van der Waals surface area contributed by atoms with Gasteiger partial charge >= 0.3 is 0 Å². The second-order valence-corrected chi connectivity index (χ2v) is 5.13. The van der Waals surface area contributed by atoms with Gasteiger partial charge in [-0.1, -0.05) is 41.4 Å². The van der Waals surface area contributed by atoms with Crippen molar-refractivity contribution >= 4 is 34.8 Å². The summed E-state index contributed by atoms with van der Waals surface area (Å²) in [6.45, 7) is 1.63. The average Bonchev–Trinajstić information content (AvgIpc) is 2.49. The molecule has 0 radical (unpaired) electrons. The Hall–Kier alpha value is -2.04. The summed E-state index contributed by atoms with van der Waals surface area (Å²) in [5.41, 5.74) is 3.66. The zero-order chi connectivity index (χ0) is 15.4. The third-order valence-electron chi connectivity index (χ3n) is 2.78. The maximum Gasteiger partial charge on any atom is 0.271 e. The number of carbonyl (C=O) groups is 1. The van der Waals surface area contributed by atoms with E-state index in [-0.39, 0.29) is 16.7 Å². The highest BCUT2D eigenvalue weighted by Gasteiger charge is 2.11. The number of halogens is 2. The fourth-order valence-electron chi connectivity index (χ4n) is 1.69. The molecule has 0 aliphatic rings. The van der Waals surface area contributed by atoms with Crippen LogP contribution in [0.25, 0.3) is 0 Å². The maximum absolute atomic E-state index is 11.9. The second kappa shape index (κ2) is 6.61. The minimum Gasteiger partial charge on any atom is -0.506 e. The molecule has 2 N–H and O–H groups in total. The summed E-state index contributed by atoms with van der Waals surface area (Å²) in [7, 11) is 0. The van der Waals surface area contributed by atoms with Crippen LogP contribution < -0.4 is 5.43 Å². The Morgan fingerprint density at radius 2 is 1.86 bits per heavy atom. The molecule has 0 aromatic heterocycles. The molecule has 0 bridgehead atoms. The normalized spacial score (nSPS) is 11.3. The zero-order valence-corrected chi connectivity index (χ0v) is 12.6. The summed E-state index contributed by atoms with van der Waals surface area (Å²) in [5, 5.41) is 14.3. The van der Waals surface area contributed by atoms with E-state index < -0.39 is 0 Å². The van der Waals surface area contributed by atoms with Crippen molar-refractivity contribution in [3.63, 3.8) is 0 Å². The van der Waals surface area contributed by atoms with Crippen molar-refractivity contribution in [3.05, 3.63) is 63.6 Å². The van der Waals surface area contributed by atoms with Gasteiger partial charge in [-0.25, -0.2) is 5.43 Å². The molecule has 0 saturated heterocycles. The van der Waals surface area contributed by atoms with Crippen LogP contribution in [-0.4, -0.2) is 16.7 Å². The van der Waals surface area contributed by atoms with E-state index in [0.29, 0.717) is 21.9 Å². The van der Waals surface area contributed by atoms with Crippen molar-refractivity contribution in [1.82, 2.24) is 5.43 Å². The Morgan fingerprint density at radius 3 is 2.52 bits per heavy atom. The number of amides is 1. The molecule has 0 spiro atoms. The van der Waals surface area contributed by atoms with E-state index in [2.05, 4.69) is 10.5 Å². The Bertz CT molecular complexity index is 700. The first-order chi connectivity index (χ1) is 9.99. The van der Waals surface area contributed by atoms with Crippen LogP contribution >= 0.6 is 23.2 Å². The smallest absolute Gasteiger partial charge is 0.271 e. The number of nitrogens with zero attached hydrogens (tertiary/aromatic N) is 1. The lowest BCUT2D eigenvalue weighted by Gasteiger charge is -2.07. The predicted octanol–water partition coefficient (Wildman–Crippen LogP) is 3.85. The van der Waals surface area contributed by atoms with Gasteiger partial charge in [0.05, 0.1) is 10.7 Å². The van der Waals surface area contributed by atoms with Crippen molar-refractivity contribution in [1.29, 1.82) is 0 Å². The van der Waals surface area contributed by atoms with Gasteiger partial charge in [0.2, 0.25) is 0 Å². The molecule has 0 fully saturated rings. The molecule has 21 heavy (non-hydrogen) atoms. The first kappa shape index (κ1) is 15.4. The van der Waals surface area contributed by atoms with Gasteiger partial charge in [-0.2, -0.15) is 5.10 Å². The molecule has 108 valence electrons. The highest BCUT2D eigenvalue weighted by atomic mass is 35.5. The molecule has 0 unspecified atom stereocenters. The van der Waals surface area contributed by atoms with Gasteiger partial charge in [0.15, 0.2) is 0 Å². The van der Waals surface area contributed by atoms with E-state index in [1.54, 1.807) is 31.2 Å². The van der Waals surface area contributed by atoms with Gasteiger partial charge in [0, 0.05) is 16.1 Å². The summed E-state index contributed by atoms with van der Waals surface area (Å²) in [4.78, 5) is 11.9. The Balaban J connectivity index is 2.21. The van der Waals surface area contributed by atoms with Crippen molar-refractivity contribution < 1.29 is 9.90 Å². The molecule has 2 rings (SSSR count). The average molecular weight is 323 g/mol. The molecule has 0 saturated carbocycles. The fourth-order valence-corrected chi connectivity index (χ4v) is 2.18.